The molecule has 0 fully saturated rings. The van der Waals surface area contributed by atoms with Gasteiger partial charge in [0.25, 0.3) is 0 Å². The van der Waals surface area contributed by atoms with Crippen molar-refractivity contribution in [2.45, 2.75) is 5.75 Å². The first-order valence-corrected chi connectivity index (χ1v) is 5.80. The summed E-state index contributed by atoms with van der Waals surface area (Å²) in [6, 6.07) is 8.37. The summed E-state index contributed by atoms with van der Waals surface area (Å²) in [4.78, 5) is 0. The Kier molecular flexibility index (Phi) is 4.73. The van der Waals surface area contributed by atoms with Crippen molar-refractivity contribution in [2.24, 2.45) is 5.73 Å². The van der Waals surface area contributed by atoms with Crippen molar-refractivity contribution in [3.8, 4) is 0 Å². The van der Waals surface area contributed by atoms with Crippen molar-refractivity contribution < 1.29 is 0 Å². The van der Waals surface area contributed by atoms with Gasteiger partial charge in [0.05, 0.1) is 0 Å². The van der Waals surface area contributed by atoms with Crippen LogP contribution in [0.4, 0.5) is 0 Å². The molecule has 0 radical (unpaired) electrons. The van der Waals surface area contributed by atoms with Gasteiger partial charge in [0, 0.05) is 22.5 Å². The molecule has 66 valence electrons. The molecule has 0 aliphatic heterocycles. The Morgan fingerprint density at radius 2 is 2.25 bits per heavy atom. The minimum atomic E-state index is 0.763. The van der Waals surface area contributed by atoms with Crippen molar-refractivity contribution in [3.05, 3.63) is 34.3 Å². The number of halogens is 1. The summed E-state index contributed by atoms with van der Waals surface area (Å²) in [7, 11) is 0. The number of hydrogen-bond donors (Lipinski definition) is 1. The number of thioether (sulfide) groups is 1. The van der Waals surface area contributed by atoms with E-state index in [0.717, 1.165) is 22.5 Å². The Bertz CT molecular complexity index is 240. The SMILES string of the molecule is NCCSCc1cccc(Br)c1. The van der Waals surface area contributed by atoms with Crippen LogP contribution in [0.2, 0.25) is 0 Å². The molecule has 0 unspecified atom stereocenters. The number of nitrogens with two attached hydrogens (primary N) is 1. The quantitative estimate of drug-likeness (QED) is 0.826. The Morgan fingerprint density at radius 1 is 1.42 bits per heavy atom. The number of benzene rings is 1. The smallest absolute Gasteiger partial charge is 0.0185 e. The summed E-state index contributed by atoms with van der Waals surface area (Å²) in [6.07, 6.45) is 0. The van der Waals surface area contributed by atoms with Gasteiger partial charge in [0.1, 0.15) is 0 Å². The van der Waals surface area contributed by atoms with Crippen molar-refractivity contribution >= 4 is 27.7 Å². The van der Waals surface area contributed by atoms with E-state index in [4.69, 9.17) is 5.73 Å². The van der Waals surface area contributed by atoms with E-state index in [1.807, 2.05) is 17.8 Å². The lowest BCUT2D eigenvalue weighted by Crippen LogP contribution is -2.01. The molecule has 0 aliphatic rings. The van der Waals surface area contributed by atoms with Crippen LogP contribution in [0.25, 0.3) is 0 Å². The Hall–Kier alpha value is 0.01000. The molecule has 2 N–H and O–H groups in total. The number of rotatable bonds is 4. The molecule has 0 aliphatic carbocycles. The largest absolute Gasteiger partial charge is 0.330 e. The van der Waals surface area contributed by atoms with Gasteiger partial charge in [0.15, 0.2) is 0 Å². The zero-order valence-electron chi connectivity index (χ0n) is 6.79. The average Bonchev–Trinajstić information content (AvgIpc) is 2.05. The molecule has 0 atom stereocenters. The van der Waals surface area contributed by atoms with E-state index < -0.39 is 0 Å². The molecule has 3 heteroatoms. The topological polar surface area (TPSA) is 26.0 Å². The molecule has 1 nitrogen and oxygen atoms in total. The van der Waals surface area contributed by atoms with Crippen molar-refractivity contribution in [3.63, 3.8) is 0 Å². The normalized spacial score (nSPS) is 10.2. The first-order valence-electron chi connectivity index (χ1n) is 3.85. The minimum absolute atomic E-state index is 0.763. The van der Waals surface area contributed by atoms with Crippen LogP contribution in [0.3, 0.4) is 0 Å². The third-order valence-corrected chi connectivity index (χ3v) is 2.98. The molecule has 0 spiro atoms. The average molecular weight is 246 g/mol. The molecule has 0 aromatic heterocycles. The van der Waals surface area contributed by atoms with Crippen LogP contribution in [-0.4, -0.2) is 12.3 Å². The fourth-order valence-electron chi connectivity index (χ4n) is 0.900. The van der Waals surface area contributed by atoms with Crippen molar-refractivity contribution in [2.75, 3.05) is 12.3 Å². The molecule has 1 rings (SSSR count). The summed E-state index contributed by atoms with van der Waals surface area (Å²) in [5, 5.41) is 0. The van der Waals surface area contributed by atoms with Crippen LogP contribution in [0, 0.1) is 0 Å². The highest BCUT2D eigenvalue weighted by Gasteiger charge is 1.93. The highest BCUT2D eigenvalue weighted by Crippen LogP contribution is 2.16. The van der Waals surface area contributed by atoms with Gasteiger partial charge >= 0.3 is 0 Å². The van der Waals surface area contributed by atoms with Gasteiger partial charge in [-0.05, 0) is 17.7 Å². The third-order valence-electron chi connectivity index (χ3n) is 1.42. The summed E-state index contributed by atoms with van der Waals surface area (Å²) < 4.78 is 1.15. The van der Waals surface area contributed by atoms with E-state index in [1.165, 1.54) is 5.56 Å². The fraction of sp³-hybridized carbons (Fsp3) is 0.333. The molecule has 0 bridgehead atoms. The van der Waals surface area contributed by atoms with Gasteiger partial charge in [0.2, 0.25) is 0 Å². The van der Waals surface area contributed by atoms with Gasteiger partial charge in [-0.15, -0.1) is 0 Å². The maximum atomic E-state index is 5.39. The van der Waals surface area contributed by atoms with E-state index in [1.54, 1.807) is 0 Å². The number of hydrogen-bond acceptors (Lipinski definition) is 2. The molecular weight excluding hydrogens is 234 g/mol. The summed E-state index contributed by atoms with van der Waals surface area (Å²) in [5.41, 5.74) is 6.74. The predicted octanol–water partition coefficient (Wildman–Crippen LogP) is 2.64. The van der Waals surface area contributed by atoms with E-state index in [2.05, 4.69) is 34.1 Å². The molecule has 0 heterocycles. The van der Waals surface area contributed by atoms with E-state index in [0.29, 0.717) is 0 Å². The molecule has 12 heavy (non-hydrogen) atoms. The molecule has 1 aromatic rings. The fourth-order valence-corrected chi connectivity index (χ4v) is 2.07. The van der Waals surface area contributed by atoms with Gasteiger partial charge in [-0.2, -0.15) is 11.8 Å². The molecule has 0 saturated heterocycles. The molecule has 0 amide bonds. The van der Waals surface area contributed by atoms with Crippen LogP contribution in [-0.2, 0) is 5.75 Å². The third kappa shape index (κ3) is 3.61. The predicted molar refractivity (Wildman–Crippen MR) is 59.4 cm³/mol. The maximum Gasteiger partial charge on any atom is 0.0185 e. The Balaban J connectivity index is 2.41. The minimum Gasteiger partial charge on any atom is -0.330 e. The summed E-state index contributed by atoms with van der Waals surface area (Å²) in [5.74, 6) is 2.09. The van der Waals surface area contributed by atoms with Crippen LogP contribution in [0.1, 0.15) is 5.56 Å². The second-order valence-corrected chi connectivity index (χ2v) is 4.49. The molecule has 0 saturated carbocycles. The Morgan fingerprint density at radius 3 is 2.92 bits per heavy atom. The van der Waals surface area contributed by atoms with Gasteiger partial charge in [-0.3, -0.25) is 0 Å². The lowest BCUT2D eigenvalue weighted by molar-refractivity contribution is 1.15. The van der Waals surface area contributed by atoms with E-state index in [9.17, 15) is 0 Å². The second-order valence-electron chi connectivity index (χ2n) is 2.47. The lowest BCUT2D eigenvalue weighted by Gasteiger charge is -2.00. The van der Waals surface area contributed by atoms with Gasteiger partial charge < -0.3 is 5.73 Å². The van der Waals surface area contributed by atoms with Crippen molar-refractivity contribution in [1.82, 2.24) is 0 Å². The van der Waals surface area contributed by atoms with Crippen LogP contribution in [0.15, 0.2) is 28.7 Å². The van der Waals surface area contributed by atoms with Gasteiger partial charge in [-0.25, -0.2) is 0 Å². The lowest BCUT2D eigenvalue weighted by atomic mass is 10.2. The van der Waals surface area contributed by atoms with Crippen LogP contribution >= 0.6 is 27.7 Å². The maximum absolute atomic E-state index is 5.39. The van der Waals surface area contributed by atoms with E-state index >= 15 is 0 Å². The van der Waals surface area contributed by atoms with E-state index in [-0.39, 0.29) is 0 Å². The zero-order chi connectivity index (χ0) is 8.81. The van der Waals surface area contributed by atoms with Crippen LogP contribution in [0.5, 0.6) is 0 Å². The molecule has 1 aromatic carbocycles. The second kappa shape index (κ2) is 5.62. The monoisotopic (exact) mass is 245 g/mol. The highest BCUT2D eigenvalue weighted by molar-refractivity contribution is 9.10. The van der Waals surface area contributed by atoms with Crippen molar-refractivity contribution in [1.29, 1.82) is 0 Å². The first-order chi connectivity index (χ1) is 5.83. The standard InChI is InChI=1S/C9H12BrNS/c10-9-3-1-2-8(6-9)7-12-5-4-11/h1-3,6H,4-5,7,11H2. The zero-order valence-corrected chi connectivity index (χ0v) is 9.20. The first kappa shape index (κ1) is 10.1. The molecular formula is C9H12BrNS. The van der Waals surface area contributed by atoms with Crippen LogP contribution < -0.4 is 5.73 Å². The summed E-state index contributed by atoms with van der Waals surface area (Å²) in [6.45, 7) is 0.763. The summed E-state index contributed by atoms with van der Waals surface area (Å²) >= 11 is 5.31. The van der Waals surface area contributed by atoms with Gasteiger partial charge in [-0.1, -0.05) is 28.1 Å². The Labute approximate surface area is 85.9 Å². The highest BCUT2D eigenvalue weighted by atomic mass is 79.9.